The molecular weight excluding hydrogens is 216 g/mol. The predicted octanol–water partition coefficient (Wildman–Crippen LogP) is 1.04. The van der Waals surface area contributed by atoms with Crippen molar-refractivity contribution in [2.24, 2.45) is 5.73 Å². The second-order valence-corrected chi connectivity index (χ2v) is 4.14. The standard InChI is InChI=1S/C13H20N2O2/c1-10(3-2-8-16)15-13(17)12-6-4-11(9-14)5-7-12/h4-7,10,16H,2-3,8-9,14H2,1H3,(H,15,17). The minimum Gasteiger partial charge on any atom is -0.396 e. The summed E-state index contributed by atoms with van der Waals surface area (Å²) in [6, 6.07) is 7.33. The van der Waals surface area contributed by atoms with E-state index in [1.165, 1.54) is 0 Å². The van der Waals surface area contributed by atoms with Crippen LogP contribution in [0.5, 0.6) is 0 Å². The van der Waals surface area contributed by atoms with E-state index in [9.17, 15) is 4.79 Å². The van der Waals surface area contributed by atoms with Crippen LogP contribution in [0.25, 0.3) is 0 Å². The van der Waals surface area contributed by atoms with Gasteiger partial charge in [0.15, 0.2) is 0 Å². The van der Waals surface area contributed by atoms with E-state index in [0.717, 1.165) is 12.0 Å². The van der Waals surface area contributed by atoms with Crippen LogP contribution in [0.1, 0.15) is 35.7 Å². The topological polar surface area (TPSA) is 75.3 Å². The number of nitrogens with two attached hydrogens (primary N) is 1. The van der Waals surface area contributed by atoms with Crippen molar-refractivity contribution in [1.29, 1.82) is 0 Å². The molecule has 4 nitrogen and oxygen atoms in total. The number of benzene rings is 1. The van der Waals surface area contributed by atoms with Gasteiger partial charge in [-0.3, -0.25) is 4.79 Å². The first-order valence-electron chi connectivity index (χ1n) is 5.88. The fraction of sp³-hybridized carbons (Fsp3) is 0.462. The normalized spacial score (nSPS) is 12.2. The molecule has 0 saturated carbocycles. The Kier molecular flexibility index (Phi) is 5.66. The first-order chi connectivity index (χ1) is 8.17. The van der Waals surface area contributed by atoms with E-state index >= 15 is 0 Å². The van der Waals surface area contributed by atoms with Crippen LogP contribution < -0.4 is 11.1 Å². The third kappa shape index (κ3) is 4.54. The van der Waals surface area contributed by atoms with Crippen molar-refractivity contribution in [2.45, 2.75) is 32.4 Å². The van der Waals surface area contributed by atoms with E-state index in [1.807, 2.05) is 19.1 Å². The van der Waals surface area contributed by atoms with Gasteiger partial charge in [0.25, 0.3) is 5.91 Å². The zero-order chi connectivity index (χ0) is 12.7. The second-order valence-electron chi connectivity index (χ2n) is 4.14. The van der Waals surface area contributed by atoms with Gasteiger partial charge < -0.3 is 16.2 Å². The summed E-state index contributed by atoms with van der Waals surface area (Å²) in [4.78, 5) is 11.8. The minimum absolute atomic E-state index is 0.0730. The van der Waals surface area contributed by atoms with Gasteiger partial charge in [-0.1, -0.05) is 12.1 Å². The molecular formula is C13H20N2O2. The maximum Gasteiger partial charge on any atom is 0.251 e. The highest BCUT2D eigenvalue weighted by atomic mass is 16.2. The van der Waals surface area contributed by atoms with E-state index in [2.05, 4.69) is 5.32 Å². The number of amides is 1. The SMILES string of the molecule is CC(CCCO)NC(=O)c1ccc(CN)cc1. The van der Waals surface area contributed by atoms with Gasteiger partial charge in [0, 0.05) is 24.8 Å². The molecule has 4 heteroatoms. The van der Waals surface area contributed by atoms with Crippen LogP contribution in [0, 0.1) is 0 Å². The number of carbonyl (C=O) groups is 1. The predicted molar refractivity (Wildman–Crippen MR) is 67.6 cm³/mol. The molecule has 17 heavy (non-hydrogen) atoms. The molecule has 94 valence electrons. The average Bonchev–Trinajstić information content (AvgIpc) is 2.36. The molecule has 0 aliphatic heterocycles. The fourth-order valence-corrected chi connectivity index (χ4v) is 1.57. The van der Waals surface area contributed by atoms with E-state index in [-0.39, 0.29) is 18.6 Å². The first-order valence-corrected chi connectivity index (χ1v) is 5.88. The van der Waals surface area contributed by atoms with E-state index in [1.54, 1.807) is 12.1 Å². The van der Waals surface area contributed by atoms with Gasteiger partial charge in [-0.25, -0.2) is 0 Å². The van der Waals surface area contributed by atoms with Crippen LogP contribution in [0.4, 0.5) is 0 Å². The quantitative estimate of drug-likeness (QED) is 0.690. The number of aliphatic hydroxyl groups is 1. The Labute approximate surface area is 102 Å². The summed E-state index contributed by atoms with van der Waals surface area (Å²) in [7, 11) is 0. The Balaban J connectivity index is 2.51. The molecule has 1 amide bonds. The summed E-state index contributed by atoms with van der Waals surface area (Å²) in [5.74, 6) is -0.0842. The van der Waals surface area contributed by atoms with Crippen molar-refractivity contribution in [2.75, 3.05) is 6.61 Å². The summed E-state index contributed by atoms with van der Waals surface area (Å²) < 4.78 is 0. The number of hydrogen-bond acceptors (Lipinski definition) is 3. The molecule has 1 rings (SSSR count). The van der Waals surface area contributed by atoms with Crippen LogP contribution in [0.2, 0.25) is 0 Å². The molecule has 0 aliphatic rings. The van der Waals surface area contributed by atoms with E-state index in [0.29, 0.717) is 18.5 Å². The van der Waals surface area contributed by atoms with Crippen LogP contribution in [-0.4, -0.2) is 23.7 Å². The first kappa shape index (κ1) is 13.7. The lowest BCUT2D eigenvalue weighted by Gasteiger charge is -2.13. The lowest BCUT2D eigenvalue weighted by molar-refractivity contribution is 0.0936. The third-order valence-electron chi connectivity index (χ3n) is 2.62. The van der Waals surface area contributed by atoms with Crippen molar-refractivity contribution in [3.63, 3.8) is 0 Å². The molecule has 4 N–H and O–H groups in total. The molecule has 0 aromatic heterocycles. The Morgan fingerprint density at radius 2 is 2.06 bits per heavy atom. The van der Waals surface area contributed by atoms with Crippen LogP contribution in [-0.2, 0) is 6.54 Å². The Morgan fingerprint density at radius 3 is 2.59 bits per heavy atom. The third-order valence-corrected chi connectivity index (χ3v) is 2.62. The molecule has 1 atom stereocenters. The second kappa shape index (κ2) is 7.04. The smallest absolute Gasteiger partial charge is 0.251 e. The largest absolute Gasteiger partial charge is 0.396 e. The summed E-state index contributed by atoms with van der Waals surface area (Å²) in [6.07, 6.45) is 1.48. The monoisotopic (exact) mass is 236 g/mol. The van der Waals surface area contributed by atoms with Crippen molar-refractivity contribution in [3.8, 4) is 0 Å². The number of aliphatic hydroxyl groups excluding tert-OH is 1. The number of carbonyl (C=O) groups excluding carboxylic acids is 1. The molecule has 0 saturated heterocycles. The number of nitrogens with one attached hydrogen (secondary N) is 1. The van der Waals surface area contributed by atoms with Crippen LogP contribution >= 0.6 is 0 Å². The summed E-state index contributed by atoms with van der Waals surface area (Å²) in [5, 5.41) is 11.6. The van der Waals surface area contributed by atoms with E-state index < -0.39 is 0 Å². The molecule has 0 radical (unpaired) electrons. The Morgan fingerprint density at radius 1 is 1.41 bits per heavy atom. The van der Waals surface area contributed by atoms with Crippen molar-refractivity contribution < 1.29 is 9.90 Å². The summed E-state index contributed by atoms with van der Waals surface area (Å²) in [6.45, 7) is 2.57. The number of rotatable bonds is 6. The summed E-state index contributed by atoms with van der Waals surface area (Å²) in [5.41, 5.74) is 7.13. The molecule has 0 fully saturated rings. The minimum atomic E-state index is -0.0842. The molecule has 0 heterocycles. The molecule has 1 aromatic carbocycles. The molecule has 1 unspecified atom stereocenters. The molecule has 0 bridgehead atoms. The number of hydrogen-bond donors (Lipinski definition) is 3. The van der Waals surface area contributed by atoms with Crippen LogP contribution in [0.15, 0.2) is 24.3 Å². The lowest BCUT2D eigenvalue weighted by atomic mass is 10.1. The highest BCUT2D eigenvalue weighted by Gasteiger charge is 2.08. The maximum absolute atomic E-state index is 11.8. The van der Waals surface area contributed by atoms with Gasteiger partial charge in [0.1, 0.15) is 0 Å². The average molecular weight is 236 g/mol. The van der Waals surface area contributed by atoms with Crippen molar-refractivity contribution >= 4 is 5.91 Å². The van der Waals surface area contributed by atoms with Gasteiger partial charge in [0.2, 0.25) is 0 Å². The van der Waals surface area contributed by atoms with Gasteiger partial charge in [-0.2, -0.15) is 0 Å². The zero-order valence-corrected chi connectivity index (χ0v) is 10.1. The highest BCUT2D eigenvalue weighted by Crippen LogP contribution is 2.05. The van der Waals surface area contributed by atoms with E-state index in [4.69, 9.17) is 10.8 Å². The van der Waals surface area contributed by atoms with Gasteiger partial charge >= 0.3 is 0 Å². The Hall–Kier alpha value is -1.39. The fourth-order valence-electron chi connectivity index (χ4n) is 1.57. The summed E-state index contributed by atoms with van der Waals surface area (Å²) >= 11 is 0. The zero-order valence-electron chi connectivity index (χ0n) is 10.1. The molecule has 1 aromatic rings. The van der Waals surface area contributed by atoms with Crippen molar-refractivity contribution in [1.82, 2.24) is 5.32 Å². The van der Waals surface area contributed by atoms with Gasteiger partial charge in [-0.05, 0) is 37.5 Å². The van der Waals surface area contributed by atoms with Gasteiger partial charge in [-0.15, -0.1) is 0 Å². The Bertz CT molecular complexity index is 349. The van der Waals surface area contributed by atoms with Crippen LogP contribution in [0.3, 0.4) is 0 Å². The lowest BCUT2D eigenvalue weighted by Crippen LogP contribution is -2.32. The maximum atomic E-state index is 11.8. The highest BCUT2D eigenvalue weighted by molar-refractivity contribution is 5.94. The van der Waals surface area contributed by atoms with Gasteiger partial charge in [0.05, 0.1) is 0 Å². The molecule has 0 spiro atoms. The van der Waals surface area contributed by atoms with Crippen molar-refractivity contribution in [3.05, 3.63) is 35.4 Å². The molecule has 0 aliphatic carbocycles.